The Labute approximate surface area is 143 Å². The van der Waals surface area contributed by atoms with E-state index in [4.69, 9.17) is 21.6 Å². The molecule has 1 aromatic carbocycles. The molecule has 0 aliphatic heterocycles. The van der Waals surface area contributed by atoms with Crippen LogP contribution in [0.2, 0.25) is 5.02 Å². The highest BCUT2D eigenvalue weighted by Crippen LogP contribution is 2.43. The van der Waals surface area contributed by atoms with E-state index in [0.29, 0.717) is 5.92 Å². The van der Waals surface area contributed by atoms with E-state index in [1.165, 1.54) is 22.1 Å². The number of halogens is 2. The number of hydrogen-bond donors (Lipinski definition) is 1. The second-order valence-electron chi connectivity index (χ2n) is 5.30. The maximum atomic E-state index is 5.96. The molecule has 3 rings (SSSR count). The summed E-state index contributed by atoms with van der Waals surface area (Å²) in [6, 6.07) is 7.72. The van der Waals surface area contributed by atoms with Gasteiger partial charge in [0, 0.05) is 23.0 Å². The van der Waals surface area contributed by atoms with Crippen molar-refractivity contribution in [1.29, 1.82) is 0 Å². The lowest BCUT2D eigenvalue weighted by molar-refractivity contribution is 0.939. The molecule has 0 radical (unpaired) electrons. The van der Waals surface area contributed by atoms with Crippen LogP contribution in [0, 0.1) is 3.57 Å². The molecule has 2 aromatic rings. The molecule has 110 valence electrons. The molecule has 1 aliphatic carbocycles. The minimum Gasteiger partial charge on any atom is -0.369 e. The molecule has 3 nitrogen and oxygen atoms in total. The van der Waals surface area contributed by atoms with Gasteiger partial charge in [-0.05, 0) is 66.1 Å². The van der Waals surface area contributed by atoms with Crippen molar-refractivity contribution in [3.05, 3.63) is 38.6 Å². The van der Waals surface area contributed by atoms with Crippen LogP contribution in [0.4, 0.5) is 5.82 Å². The van der Waals surface area contributed by atoms with Crippen LogP contribution in [0.15, 0.2) is 24.3 Å². The molecule has 1 N–H and O–H groups in total. The Morgan fingerprint density at radius 3 is 2.57 bits per heavy atom. The Kier molecular flexibility index (Phi) is 4.64. The molecule has 0 bridgehead atoms. The zero-order chi connectivity index (χ0) is 14.8. The van der Waals surface area contributed by atoms with Crippen LogP contribution < -0.4 is 5.32 Å². The number of benzene rings is 1. The normalized spacial score (nSPS) is 14.2. The third kappa shape index (κ3) is 3.48. The molecule has 0 amide bonds. The van der Waals surface area contributed by atoms with E-state index in [1.54, 1.807) is 0 Å². The Morgan fingerprint density at radius 2 is 1.95 bits per heavy atom. The Bertz CT molecular complexity index is 639. The van der Waals surface area contributed by atoms with E-state index >= 15 is 0 Å². The van der Waals surface area contributed by atoms with Gasteiger partial charge in [-0.2, -0.15) is 0 Å². The first-order valence-corrected chi connectivity index (χ1v) is 8.72. The Balaban J connectivity index is 2.03. The van der Waals surface area contributed by atoms with Crippen LogP contribution in [0.3, 0.4) is 0 Å². The summed E-state index contributed by atoms with van der Waals surface area (Å²) in [5.41, 5.74) is 2.20. The summed E-state index contributed by atoms with van der Waals surface area (Å²) in [5, 5.41) is 4.15. The van der Waals surface area contributed by atoms with Gasteiger partial charge in [0.1, 0.15) is 5.82 Å². The molecular weight excluding hydrogens is 397 g/mol. The molecule has 0 atom stereocenters. The van der Waals surface area contributed by atoms with E-state index in [0.717, 1.165) is 35.2 Å². The van der Waals surface area contributed by atoms with Crippen LogP contribution in [0.5, 0.6) is 0 Å². The Morgan fingerprint density at radius 1 is 1.24 bits per heavy atom. The number of anilines is 1. The first-order chi connectivity index (χ1) is 10.2. The van der Waals surface area contributed by atoms with Gasteiger partial charge in [0.2, 0.25) is 0 Å². The third-order valence-corrected chi connectivity index (χ3v) is 4.80. The lowest BCUT2D eigenvalue weighted by Crippen LogP contribution is -2.08. The van der Waals surface area contributed by atoms with E-state index < -0.39 is 0 Å². The molecule has 1 aliphatic rings. The highest BCUT2D eigenvalue weighted by molar-refractivity contribution is 14.1. The first kappa shape index (κ1) is 15.0. The summed E-state index contributed by atoms with van der Waals surface area (Å²) in [6.07, 6.45) is 3.55. The standard InChI is InChI=1S/C16H17ClIN3/c1-2-9-19-16-13(18)14(10-3-4-10)20-15(21-16)11-5-7-12(17)8-6-11/h5-8,10H,2-4,9H2,1H3,(H,19,20,21). The Hall–Kier alpha value is -0.880. The van der Waals surface area contributed by atoms with E-state index in [1.807, 2.05) is 24.3 Å². The van der Waals surface area contributed by atoms with Crippen molar-refractivity contribution in [3.63, 3.8) is 0 Å². The summed E-state index contributed by atoms with van der Waals surface area (Å²) in [6.45, 7) is 3.08. The minimum absolute atomic E-state index is 0.605. The minimum atomic E-state index is 0.605. The fraction of sp³-hybridized carbons (Fsp3) is 0.375. The first-order valence-electron chi connectivity index (χ1n) is 7.26. The van der Waals surface area contributed by atoms with Crippen LogP contribution >= 0.6 is 34.2 Å². The zero-order valence-corrected chi connectivity index (χ0v) is 14.8. The average molecular weight is 414 g/mol. The highest BCUT2D eigenvalue weighted by Gasteiger charge is 2.29. The van der Waals surface area contributed by atoms with Gasteiger partial charge in [-0.25, -0.2) is 9.97 Å². The average Bonchev–Trinajstić information content (AvgIpc) is 3.32. The maximum absolute atomic E-state index is 5.96. The van der Waals surface area contributed by atoms with Crippen LogP contribution in [-0.4, -0.2) is 16.5 Å². The van der Waals surface area contributed by atoms with Crippen molar-refractivity contribution < 1.29 is 0 Å². The summed E-state index contributed by atoms with van der Waals surface area (Å²) < 4.78 is 1.17. The van der Waals surface area contributed by atoms with Crippen molar-refractivity contribution in [2.75, 3.05) is 11.9 Å². The monoisotopic (exact) mass is 413 g/mol. The molecule has 0 unspecified atom stereocenters. The number of aromatic nitrogens is 2. The van der Waals surface area contributed by atoms with Crippen molar-refractivity contribution in [2.24, 2.45) is 0 Å². The van der Waals surface area contributed by atoms with Crippen molar-refractivity contribution in [1.82, 2.24) is 9.97 Å². The summed E-state index contributed by atoms with van der Waals surface area (Å²) in [4.78, 5) is 9.51. The predicted octanol–water partition coefficient (Wildman–Crippen LogP) is 5.10. The van der Waals surface area contributed by atoms with Crippen LogP contribution in [0.25, 0.3) is 11.4 Å². The number of nitrogens with zero attached hydrogens (tertiary/aromatic N) is 2. The van der Waals surface area contributed by atoms with Gasteiger partial charge >= 0.3 is 0 Å². The lowest BCUT2D eigenvalue weighted by Gasteiger charge is -2.12. The largest absolute Gasteiger partial charge is 0.369 e. The topological polar surface area (TPSA) is 37.8 Å². The van der Waals surface area contributed by atoms with Crippen molar-refractivity contribution in [2.45, 2.75) is 32.1 Å². The van der Waals surface area contributed by atoms with Crippen LogP contribution in [-0.2, 0) is 0 Å². The highest BCUT2D eigenvalue weighted by atomic mass is 127. The van der Waals surface area contributed by atoms with E-state index in [9.17, 15) is 0 Å². The van der Waals surface area contributed by atoms with Gasteiger partial charge in [0.15, 0.2) is 5.82 Å². The smallest absolute Gasteiger partial charge is 0.161 e. The van der Waals surface area contributed by atoms with Gasteiger partial charge in [0.25, 0.3) is 0 Å². The molecule has 0 spiro atoms. The van der Waals surface area contributed by atoms with Crippen molar-refractivity contribution in [3.8, 4) is 11.4 Å². The number of rotatable bonds is 5. The zero-order valence-electron chi connectivity index (χ0n) is 11.9. The van der Waals surface area contributed by atoms with Crippen LogP contribution in [0.1, 0.15) is 37.8 Å². The SMILES string of the molecule is CCCNc1nc(-c2ccc(Cl)cc2)nc(C2CC2)c1I. The molecule has 1 aromatic heterocycles. The van der Waals surface area contributed by atoms with Gasteiger partial charge in [-0.3, -0.25) is 0 Å². The second-order valence-corrected chi connectivity index (χ2v) is 6.82. The summed E-state index contributed by atoms with van der Waals surface area (Å²) in [7, 11) is 0. The molecule has 1 heterocycles. The van der Waals surface area contributed by atoms with Gasteiger partial charge in [0.05, 0.1) is 9.26 Å². The molecule has 1 saturated carbocycles. The molecule has 5 heteroatoms. The fourth-order valence-electron chi connectivity index (χ4n) is 2.18. The van der Waals surface area contributed by atoms with E-state index in [-0.39, 0.29) is 0 Å². The number of nitrogens with one attached hydrogen (secondary N) is 1. The molecular formula is C16H17ClIN3. The lowest BCUT2D eigenvalue weighted by atomic mass is 10.2. The second kappa shape index (κ2) is 6.48. The molecule has 21 heavy (non-hydrogen) atoms. The summed E-state index contributed by atoms with van der Waals surface area (Å²) in [5.74, 6) is 2.35. The van der Waals surface area contributed by atoms with Crippen molar-refractivity contribution >= 4 is 40.0 Å². The fourth-order valence-corrected chi connectivity index (χ4v) is 3.18. The predicted molar refractivity (Wildman–Crippen MR) is 96.0 cm³/mol. The molecule has 1 fully saturated rings. The van der Waals surface area contributed by atoms with Gasteiger partial charge in [-0.15, -0.1) is 0 Å². The quantitative estimate of drug-likeness (QED) is 0.693. The number of hydrogen-bond acceptors (Lipinski definition) is 3. The maximum Gasteiger partial charge on any atom is 0.161 e. The summed E-state index contributed by atoms with van der Waals surface area (Å²) >= 11 is 8.33. The van der Waals surface area contributed by atoms with Gasteiger partial charge < -0.3 is 5.32 Å². The third-order valence-electron chi connectivity index (χ3n) is 3.49. The van der Waals surface area contributed by atoms with E-state index in [2.05, 4.69) is 34.8 Å². The van der Waals surface area contributed by atoms with Gasteiger partial charge in [-0.1, -0.05) is 18.5 Å². The molecule has 0 saturated heterocycles.